The Balaban J connectivity index is 2.55. The number of thiophene rings is 1. The average molecular weight is 253 g/mol. The summed E-state index contributed by atoms with van der Waals surface area (Å²) in [5.74, 6) is -0.126. The lowest BCUT2D eigenvalue weighted by atomic mass is 10.3. The first-order valence-corrected chi connectivity index (χ1v) is 6.00. The van der Waals surface area contributed by atoms with Crippen LogP contribution in [0.3, 0.4) is 0 Å². The van der Waals surface area contributed by atoms with Gasteiger partial charge in [0.25, 0.3) is 5.91 Å². The van der Waals surface area contributed by atoms with Gasteiger partial charge in [0, 0.05) is 18.5 Å². The number of rotatable bonds is 6. The second-order valence-electron chi connectivity index (χ2n) is 3.39. The number of carbonyl (C=O) groups is 2. The molecule has 1 rings (SSSR count). The van der Waals surface area contributed by atoms with E-state index in [-0.39, 0.29) is 11.7 Å². The molecule has 0 fully saturated rings. The van der Waals surface area contributed by atoms with Crippen LogP contribution in [0.15, 0.2) is 18.2 Å². The number of ether oxygens (including phenoxy) is 1. The Morgan fingerprint density at radius 3 is 2.88 bits per heavy atom. The van der Waals surface area contributed by atoms with Crippen LogP contribution < -0.4 is 5.32 Å². The summed E-state index contributed by atoms with van der Waals surface area (Å²) >= 11 is 1.35. The van der Waals surface area contributed by atoms with E-state index in [0.29, 0.717) is 18.0 Å². The van der Waals surface area contributed by atoms with Crippen LogP contribution in [0.5, 0.6) is 0 Å². The van der Waals surface area contributed by atoms with Gasteiger partial charge < -0.3 is 10.1 Å². The molecule has 1 N–H and O–H groups in total. The zero-order chi connectivity index (χ0) is 12.7. The lowest BCUT2D eigenvalue weighted by Crippen LogP contribution is -2.26. The van der Waals surface area contributed by atoms with Crippen molar-refractivity contribution in [2.24, 2.45) is 0 Å². The Hall–Kier alpha value is -1.46. The van der Waals surface area contributed by atoms with Crippen molar-refractivity contribution in [3.8, 4) is 0 Å². The zero-order valence-electron chi connectivity index (χ0n) is 9.86. The highest BCUT2D eigenvalue weighted by molar-refractivity contribution is 7.14. The van der Waals surface area contributed by atoms with Gasteiger partial charge in [-0.25, -0.2) is 0 Å². The first-order valence-electron chi connectivity index (χ1n) is 5.19. The molecule has 1 aromatic heterocycles. The van der Waals surface area contributed by atoms with Gasteiger partial charge in [-0.2, -0.15) is 0 Å². The maximum atomic E-state index is 11.6. The van der Waals surface area contributed by atoms with E-state index in [2.05, 4.69) is 5.32 Å². The molecule has 0 spiro atoms. The van der Waals surface area contributed by atoms with Crippen LogP contribution in [-0.4, -0.2) is 32.0 Å². The predicted octanol–water partition coefficient (Wildman–Crippen LogP) is 1.73. The van der Waals surface area contributed by atoms with E-state index in [0.717, 1.165) is 4.88 Å². The van der Waals surface area contributed by atoms with E-state index in [1.807, 2.05) is 6.07 Å². The Morgan fingerprint density at radius 1 is 1.47 bits per heavy atom. The van der Waals surface area contributed by atoms with Gasteiger partial charge in [0.1, 0.15) is 0 Å². The molecule has 1 amide bonds. The molecule has 92 valence electrons. The van der Waals surface area contributed by atoms with E-state index in [4.69, 9.17) is 4.74 Å². The fraction of sp³-hybridized carbons (Fsp3) is 0.333. The molecule has 0 aromatic carbocycles. The summed E-state index contributed by atoms with van der Waals surface area (Å²) < 4.78 is 4.84. The number of methoxy groups -OCH3 is 1. The topological polar surface area (TPSA) is 55.4 Å². The number of hydrogen-bond donors (Lipinski definition) is 1. The second-order valence-corrected chi connectivity index (χ2v) is 4.51. The monoisotopic (exact) mass is 253 g/mol. The summed E-state index contributed by atoms with van der Waals surface area (Å²) in [4.78, 5) is 23.9. The quantitative estimate of drug-likeness (QED) is 0.620. The molecule has 0 radical (unpaired) electrons. The minimum Gasteiger partial charge on any atom is -0.383 e. The van der Waals surface area contributed by atoms with Crippen molar-refractivity contribution in [3.63, 3.8) is 0 Å². The van der Waals surface area contributed by atoms with Crippen LogP contribution in [0, 0.1) is 0 Å². The maximum Gasteiger partial charge on any atom is 0.261 e. The number of allylic oxidation sites excluding steroid dienone is 1. The molecule has 0 unspecified atom stereocenters. The second kappa shape index (κ2) is 6.98. The van der Waals surface area contributed by atoms with Crippen LogP contribution in [0.1, 0.15) is 21.5 Å². The predicted molar refractivity (Wildman–Crippen MR) is 68.2 cm³/mol. The molecule has 1 aromatic rings. The molecule has 0 aliphatic carbocycles. The molecule has 0 aliphatic heterocycles. The minimum absolute atomic E-state index is 0.00973. The van der Waals surface area contributed by atoms with Crippen molar-refractivity contribution in [3.05, 3.63) is 28.0 Å². The number of carbonyl (C=O) groups excluding carboxylic acids is 2. The highest BCUT2D eigenvalue weighted by Gasteiger charge is 2.07. The molecule has 0 saturated carbocycles. The smallest absolute Gasteiger partial charge is 0.261 e. The van der Waals surface area contributed by atoms with Gasteiger partial charge >= 0.3 is 0 Å². The van der Waals surface area contributed by atoms with Gasteiger partial charge in [0.05, 0.1) is 11.5 Å². The summed E-state index contributed by atoms with van der Waals surface area (Å²) in [5, 5.41) is 2.73. The summed E-state index contributed by atoms with van der Waals surface area (Å²) in [7, 11) is 1.59. The number of hydrogen-bond acceptors (Lipinski definition) is 4. The number of nitrogens with one attached hydrogen (secondary N) is 1. The Labute approximate surface area is 104 Å². The van der Waals surface area contributed by atoms with E-state index in [9.17, 15) is 9.59 Å². The SMILES string of the molecule is COCCNC(=O)c1ccc(/C=C/C(C)=O)s1. The van der Waals surface area contributed by atoms with Crippen LogP contribution in [0.4, 0.5) is 0 Å². The third kappa shape index (κ3) is 4.93. The third-order valence-electron chi connectivity index (χ3n) is 1.92. The molecule has 0 aliphatic rings. The number of amides is 1. The van der Waals surface area contributed by atoms with Crippen LogP contribution in [0.2, 0.25) is 0 Å². The van der Waals surface area contributed by atoms with Gasteiger partial charge in [-0.15, -0.1) is 11.3 Å². The molecule has 0 atom stereocenters. The number of ketones is 1. The largest absolute Gasteiger partial charge is 0.383 e. The summed E-state index contributed by atoms with van der Waals surface area (Å²) in [5.41, 5.74) is 0. The standard InChI is InChI=1S/C12H15NO3S/c1-9(14)3-4-10-5-6-11(17-10)12(15)13-7-8-16-2/h3-6H,7-8H2,1-2H3,(H,13,15)/b4-3+. The van der Waals surface area contributed by atoms with Gasteiger partial charge in [-0.05, 0) is 31.2 Å². The summed E-state index contributed by atoms with van der Waals surface area (Å²) in [6.07, 6.45) is 3.19. The maximum absolute atomic E-state index is 11.6. The Kier molecular flexibility index (Phi) is 5.59. The van der Waals surface area contributed by atoms with Crippen LogP contribution >= 0.6 is 11.3 Å². The van der Waals surface area contributed by atoms with Crippen molar-refractivity contribution < 1.29 is 14.3 Å². The minimum atomic E-state index is -0.116. The van der Waals surface area contributed by atoms with E-state index < -0.39 is 0 Å². The lowest BCUT2D eigenvalue weighted by molar-refractivity contribution is -0.112. The highest BCUT2D eigenvalue weighted by Crippen LogP contribution is 2.17. The first kappa shape index (κ1) is 13.6. The molecule has 4 nitrogen and oxygen atoms in total. The summed E-state index contributed by atoms with van der Waals surface area (Å²) in [6.45, 7) is 2.47. The fourth-order valence-electron chi connectivity index (χ4n) is 1.12. The van der Waals surface area contributed by atoms with Crippen LogP contribution in [0.25, 0.3) is 6.08 Å². The Bertz CT molecular complexity index is 423. The first-order chi connectivity index (χ1) is 8.13. The Morgan fingerprint density at radius 2 is 2.24 bits per heavy atom. The van der Waals surface area contributed by atoms with Gasteiger partial charge in [0.15, 0.2) is 5.78 Å². The van der Waals surface area contributed by atoms with Crippen molar-refractivity contribution in [1.29, 1.82) is 0 Å². The molecular formula is C12H15NO3S. The van der Waals surface area contributed by atoms with Crippen molar-refractivity contribution >= 4 is 29.1 Å². The molecule has 17 heavy (non-hydrogen) atoms. The fourth-order valence-corrected chi connectivity index (χ4v) is 1.94. The van der Waals surface area contributed by atoms with Crippen molar-refractivity contribution in [2.45, 2.75) is 6.92 Å². The molecular weight excluding hydrogens is 238 g/mol. The van der Waals surface area contributed by atoms with Crippen molar-refractivity contribution in [1.82, 2.24) is 5.32 Å². The summed E-state index contributed by atoms with van der Waals surface area (Å²) in [6, 6.07) is 3.56. The van der Waals surface area contributed by atoms with E-state index >= 15 is 0 Å². The molecule has 0 saturated heterocycles. The lowest BCUT2D eigenvalue weighted by Gasteiger charge is -2.01. The van der Waals surface area contributed by atoms with Gasteiger partial charge in [-0.3, -0.25) is 9.59 Å². The normalized spacial score (nSPS) is 10.7. The highest BCUT2D eigenvalue weighted by atomic mass is 32.1. The third-order valence-corrected chi connectivity index (χ3v) is 2.97. The van der Waals surface area contributed by atoms with E-state index in [1.54, 1.807) is 19.3 Å². The van der Waals surface area contributed by atoms with E-state index in [1.165, 1.54) is 24.3 Å². The molecule has 0 bridgehead atoms. The van der Waals surface area contributed by atoms with Crippen molar-refractivity contribution in [2.75, 3.05) is 20.3 Å². The molecule has 5 heteroatoms. The average Bonchev–Trinajstić information content (AvgIpc) is 2.75. The molecule has 1 heterocycles. The zero-order valence-corrected chi connectivity index (χ0v) is 10.7. The van der Waals surface area contributed by atoms with Crippen LogP contribution in [-0.2, 0) is 9.53 Å². The van der Waals surface area contributed by atoms with Gasteiger partial charge in [0.2, 0.25) is 0 Å². The van der Waals surface area contributed by atoms with Gasteiger partial charge in [-0.1, -0.05) is 0 Å².